The van der Waals surface area contributed by atoms with Crippen LogP contribution in [0.2, 0.25) is 0 Å². The molecule has 7 nitrogen and oxygen atoms in total. The normalized spacial score (nSPS) is 20.5. The molecule has 0 saturated carbocycles. The number of para-hydroxylation sites is 1. The number of nitrogens with zero attached hydrogens (tertiary/aromatic N) is 1. The van der Waals surface area contributed by atoms with Gasteiger partial charge in [-0.2, -0.15) is 0 Å². The fourth-order valence-corrected chi connectivity index (χ4v) is 5.92. The molecule has 0 spiro atoms. The van der Waals surface area contributed by atoms with E-state index in [0.29, 0.717) is 6.42 Å². The smallest absolute Gasteiger partial charge is 0.269 e. The second kappa shape index (κ2) is 8.00. The van der Waals surface area contributed by atoms with Gasteiger partial charge in [-0.1, -0.05) is 44.2 Å². The van der Waals surface area contributed by atoms with Gasteiger partial charge in [-0.15, -0.1) is 0 Å². The Labute approximate surface area is 182 Å². The van der Waals surface area contributed by atoms with E-state index in [4.69, 9.17) is 4.74 Å². The largest absolute Gasteiger partial charge is 0.487 e. The molecular formula is C23H26N2O5S. The predicted octanol–water partition coefficient (Wildman–Crippen LogP) is 3.42. The molecule has 1 N–H and O–H groups in total. The molecule has 0 saturated heterocycles. The lowest BCUT2D eigenvalue weighted by Crippen LogP contribution is -2.45. The average Bonchev–Trinajstić information content (AvgIpc) is 2.97. The molecule has 1 unspecified atom stereocenters. The zero-order chi connectivity index (χ0) is 22.2. The average molecular weight is 443 g/mol. The van der Waals surface area contributed by atoms with E-state index in [1.165, 1.54) is 12.1 Å². The number of carbonyl (C=O) groups excluding carboxylic acids is 2. The molecule has 0 aromatic heterocycles. The number of carbonyl (C=O) groups is 2. The van der Waals surface area contributed by atoms with Gasteiger partial charge in [0.05, 0.1) is 11.6 Å². The number of hydrogen-bond acceptors (Lipinski definition) is 5. The molecule has 2 heterocycles. The molecule has 0 fully saturated rings. The van der Waals surface area contributed by atoms with Crippen LogP contribution in [0.25, 0.3) is 0 Å². The van der Waals surface area contributed by atoms with Crippen molar-refractivity contribution in [3.05, 3.63) is 59.7 Å². The van der Waals surface area contributed by atoms with Gasteiger partial charge in [-0.3, -0.25) is 9.59 Å². The Kier molecular flexibility index (Phi) is 5.51. The number of fused-ring (bicyclic) bond motifs is 2. The van der Waals surface area contributed by atoms with Crippen molar-refractivity contribution in [2.75, 3.05) is 6.54 Å². The zero-order valence-corrected chi connectivity index (χ0v) is 18.4. The fourth-order valence-electron chi connectivity index (χ4n) is 4.35. The molecule has 2 amide bonds. The van der Waals surface area contributed by atoms with Crippen molar-refractivity contribution >= 4 is 21.8 Å². The van der Waals surface area contributed by atoms with Gasteiger partial charge >= 0.3 is 0 Å². The van der Waals surface area contributed by atoms with E-state index in [-0.39, 0.29) is 41.0 Å². The molecule has 0 aliphatic carbocycles. The van der Waals surface area contributed by atoms with Crippen LogP contribution in [0.5, 0.6) is 5.75 Å². The maximum Gasteiger partial charge on any atom is 0.269 e. The molecule has 4 rings (SSSR count). The van der Waals surface area contributed by atoms with Crippen LogP contribution in [0.1, 0.15) is 61.5 Å². The third kappa shape index (κ3) is 3.69. The number of hydrogen-bond donors (Lipinski definition) is 1. The highest BCUT2D eigenvalue weighted by Gasteiger charge is 2.42. The molecule has 2 aromatic carbocycles. The molecule has 164 valence electrons. The first-order valence-electron chi connectivity index (χ1n) is 10.5. The standard InChI is InChI=1S/C23H26N2O5S/c1-3-23(4-2)15-18(16-9-5-7-11-19(16)30-23)24-21(26)13-14-25-22(27)17-10-6-8-12-20(17)31(25,28)29/h5-12,18H,3-4,13-15H2,1-2H3,(H,24,26). The third-order valence-corrected chi connectivity index (χ3v) is 8.12. The molecule has 2 aromatic rings. The van der Waals surface area contributed by atoms with Gasteiger partial charge in [0.15, 0.2) is 0 Å². The van der Waals surface area contributed by atoms with Crippen LogP contribution in [0.4, 0.5) is 0 Å². The lowest BCUT2D eigenvalue weighted by Gasteiger charge is -2.41. The van der Waals surface area contributed by atoms with Gasteiger partial charge in [0.1, 0.15) is 16.2 Å². The number of benzene rings is 2. The van der Waals surface area contributed by atoms with E-state index in [0.717, 1.165) is 28.5 Å². The summed E-state index contributed by atoms with van der Waals surface area (Å²) < 4.78 is 32.4. The van der Waals surface area contributed by atoms with Gasteiger partial charge in [0.25, 0.3) is 15.9 Å². The first kappa shape index (κ1) is 21.4. The maximum atomic E-state index is 12.8. The SMILES string of the molecule is CCC1(CC)CC(NC(=O)CCN2C(=O)c3ccccc3S2(=O)=O)c2ccccc2O1. The van der Waals surface area contributed by atoms with Crippen molar-refractivity contribution in [2.24, 2.45) is 0 Å². The fraction of sp³-hybridized carbons (Fsp3) is 0.391. The van der Waals surface area contributed by atoms with E-state index in [1.807, 2.05) is 24.3 Å². The van der Waals surface area contributed by atoms with Crippen LogP contribution in [-0.2, 0) is 14.8 Å². The second-order valence-corrected chi connectivity index (χ2v) is 9.81. The minimum Gasteiger partial charge on any atom is -0.487 e. The Morgan fingerprint density at radius 3 is 2.52 bits per heavy atom. The molecule has 0 bridgehead atoms. The van der Waals surface area contributed by atoms with Crippen LogP contribution in [0, 0.1) is 0 Å². The number of amides is 2. The van der Waals surface area contributed by atoms with Crippen molar-refractivity contribution < 1.29 is 22.7 Å². The van der Waals surface area contributed by atoms with Crippen molar-refractivity contribution in [3.63, 3.8) is 0 Å². The van der Waals surface area contributed by atoms with Crippen LogP contribution in [-0.4, -0.2) is 36.7 Å². The van der Waals surface area contributed by atoms with Crippen molar-refractivity contribution in [3.8, 4) is 5.75 Å². The minimum atomic E-state index is -3.92. The van der Waals surface area contributed by atoms with Crippen molar-refractivity contribution in [1.29, 1.82) is 0 Å². The highest BCUT2D eigenvalue weighted by atomic mass is 32.2. The molecule has 2 aliphatic rings. The Balaban J connectivity index is 1.48. The predicted molar refractivity (Wildman–Crippen MR) is 115 cm³/mol. The molecule has 0 radical (unpaired) electrons. The summed E-state index contributed by atoms with van der Waals surface area (Å²) in [5, 5.41) is 3.03. The van der Waals surface area contributed by atoms with Crippen LogP contribution in [0.15, 0.2) is 53.4 Å². The topological polar surface area (TPSA) is 92.8 Å². The monoisotopic (exact) mass is 442 g/mol. The Hall–Kier alpha value is -2.87. The van der Waals surface area contributed by atoms with Crippen LogP contribution >= 0.6 is 0 Å². The Bertz CT molecular complexity index is 1120. The summed E-state index contributed by atoms with van der Waals surface area (Å²) in [7, 11) is -3.92. The van der Waals surface area contributed by atoms with Crippen LogP contribution < -0.4 is 10.1 Å². The number of rotatable bonds is 6. The summed E-state index contributed by atoms with van der Waals surface area (Å²) in [6, 6.07) is 13.5. The summed E-state index contributed by atoms with van der Waals surface area (Å²) in [6.07, 6.45) is 2.14. The molecular weight excluding hydrogens is 416 g/mol. The first-order valence-corrected chi connectivity index (χ1v) is 12.0. The minimum absolute atomic E-state index is 0.00515. The quantitative estimate of drug-likeness (QED) is 0.740. The van der Waals surface area contributed by atoms with Gasteiger partial charge in [0, 0.05) is 24.9 Å². The first-order chi connectivity index (χ1) is 14.8. The summed E-state index contributed by atoms with van der Waals surface area (Å²) in [5.41, 5.74) is 0.699. The van der Waals surface area contributed by atoms with Crippen molar-refractivity contribution in [1.82, 2.24) is 9.62 Å². The summed E-state index contributed by atoms with van der Waals surface area (Å²) >= 11 is 0. The molecule has 31 heavy (non-hydrogen) atoms. The Morgan fingerprint density at radius 2 is 1.81 bits per heavy atom. The van der Waals surface area contributed by atoms with E-state index < -0.39 is 15.9 Å². The Morgan fingerprint density at radius 1 is 1.13 bits per heavy atom. The zero-order valence-electron chi connectivity index (χ0n) is 17.6. The lowest BCUT2D eigenvalue weighted by molar-refractivity contribution is -0.122. The lowest BCUT2D eigenvalue weighted by atomic mass is 9.83. The van der Waals surface area contributed by atoms with Gasteiger partial charge in [-0.25, -0.2) is 12.7 Å². The van der Waals surface area contributed by atoms with Gasteiger partial charge in [-0.05, 0) is 31.0 Å². The second-order valence-electron chi connectivity index (χ2n) is 7.98. The highest BCUT2D eigenvalue weighted by Crippen LogP contribution is 2.42. The molecule has 1 atom stereocenters. The third-order valence-electron chi connectivity index (χ3n) is 6.27. The molecule has 2 aliphatic heterocycles. The summed E-state index contributed by atoms with van der Waals surface area (Å²) in [4.78, 5) is 25.3. The van der Waals surface area contributed by atoms with Crippen LogP contribution in [0.3, 0.4) is 0 Å². The summed E-state index contributed by atoms with van der Waals surface area (Å²) in [5.74, 6) is -0.131. The van der Waals surface area contributed by atoms with E-state index in [2.05, 4.69) is 19.2 Å². The highest BCUT2D eigenvalue weighted by molar-refractivity contribution is 7.90. The van der Waals surface area contributed by atoms with E-state index in [9.17, 15) is 18.0 Å². The maximum absolute atomic E-state index is 12.8. The van der Waals surface area contributed by atoms with E-state index in [1.54, 1.807) is 12.1 Å². The summed E-state index contributed by atoms with van der Waals surface area (Å²) in [6.45, 7) is 3.94. The van der Waals surface area contributed by atoms with Gasteiger partial charge < -0.3 is 10.1 Å². The number of sulfonamides is 1. The number of ether oxygens (including phenoxy) is 1. The van der Waals surface area contributed by atoms with Crippen molar-refractivity contribution in [2.45, 2.75) is 56.1 Å². The number of nitrogens with one attached hydrogen (secondary N) is 1. The molecule has 8 heteroatoms. The van der Waals surface area contributed by atoms with Gasteiger partial charge in [0.2, 0.25) is 5.91 Å². The van der Waals surface area contributed by atoms with E-state index >= 15 is 0 Å².